The zero-order valence-corrected chi connectivity index (χ0v) is 14.9. The molecule has 1 heterocycles. The Hall–Kier alpha value is -1.64. The zero-order valence-electron chi connectivity index (χ0n) is 13.2. The van der Waals surface area contributed by atoms with Crippen LogP contribution in [-0.4, -0.2) is 24.7 Å². The van der Waals surface area contributed by atoms with Gasteiger partial charge in [-0.05, 0) is 0 Å². The van der Waals surface area contributed by atoms with Crippen LogP contribution in [0.3, 0.4) is 0 Å². The van der Waals surface area contributed by atoms with Crippen LogP contribution in [0.5, 0.6) is 0 Å². The molecule has 2 unspecified atom stereocenters. The van der Waals surface area contributed by atoms with Crippen LogP contribution in [0.15, 0.2) is 60.7 Å². The van der Waals surface area contributed by atoms with Crippen LogP contribution in [-0.2, 0) is 0 Å². The molecule has 2 atom stereocenters. The number of rotatable bonds is 4. The molecule has 0 aliphatic carbocycles. The molecule has 2 aromatic carbocycles. The first-order chi connectivity index (χ1) is 11.0. The van der Waals surface area contributed by atoms with E-state index in [2.05, 4.69) is 0 Å². The summed E-state index contributed by atoms with van der Waals surface area (Å²) in [6.07, 6.45) is -1.18. The Morgan fingerprint density at radius 2 is 0.957 bits per heavy atom. The average molecular weight is 371 g/mol. The van der Waals surface area contributed by atoms with Crippen LogP contribution in [0.1, 0.15) is 43.3 Å². The molecule has 0 saturated carbocycles. The van der Waals surface area contributed by atoms with Gasteiger partial charge in [-0.1, -0.05) is 0 Å². The second-order valence-electron chi connectivity index (χ2n) is 5.87. The summed E-state index contributed by atoms with van der Waals surface area (Å²) >= 11 is -0.0331. The van der Waals surface area contributed by atoms with Gasteiger partial charge in [0.05, 0.1) is 0 Å². The van der Waals surface area contributed by atoms with Crippen LogP contribution in [0.2, 0.25) is 0 Å². The summed E-state index contributed by atoms with van der Waals surface area (Å²) < 4.78 is 1.98. The normalized spacial score (nSPS) is 13.7. The van der Waals surface area contributed by atoms with Crippen molar-refractivity contribution in [3.8, 4) is 0 Å². The van der Waals surface area contributed by atoms with E-state index in [0.717, 1.165) is 20.0 Å². The maximum absolute atomic E-state index is 10.6. The molecule has 0 amide bonds. The van der Waals surface area contributed by atoms with Gasteiger partial charge in [-0.25, -0.2) is 0 Å². The van der Waals surface area contributed by atoms with Crippen LogP contribution >= 0.6 is 0 Å². The van der Waals surface area contributed by atoms with Gasteiger partial charge in [0, 0.05) is 0 Å². The Morgan fingerprint density at radius 1 is 0.609 bits per heavy atom. The third-order valence-electron chi connectivity index (χ3n) is 3.97. The second kappa shape index (κ2) is 6.86. The Kier molecular flexibility index (Phi) is 4.84. The molecule has 1 aromatic heterocycles. The fraction of sp³-hybridized carbons (Fsp3) is 0.200. The van der Waals surface area contributed by atoms with Crippen LogP contribution in [0.25, 0.3) is 0 Å². The van der Waals surface area contributed by atoms with Crippen LogP contribution < -0.4 is 0 Å². The fourth-order valence-corrected chi connectivity index (χ4v) is 4.67. The second-order valence-corrected chi connectivity index (χ2v) is 8.27. The van der Waals surface area contributed by atoms with Crippen molar-refractivity contribution >= 4 is 14.5 Å². The molecule has 0 aliphatic rings. The molecule has 2 nitrogen and oxygen atoms in total. The molecule has 0 saturated heterocycles. The van der Waals surface area contributed by atoms with E-state index in [4.69, 9.17) is 0 Å². The van der Waals surface area contributed by atoms with Gasteiger partial charge in [-0.3, -0.25) is 0 Å². The first kappa shape index (κ1) is 16.2. The van der Waals surface area contributed by atoms with Gasteiger partial charge in [0.2, 0.25) is 0 Å². The number of aliphatic hydroxyl groups is 2. The quantitative estimate of drug-likeness (QED) is 0.689. The molecule has 3 aromatic rings. The number of hydrogen-bond acceptors (Lipinski definition) is 2. The Morgan fingerprint density at radius 3 is 1.30 bits per heavy atom. The van der Waals surface area contributed by atoms with Crippen molar-refractivity contribution in [2.45, 2.75) is 26.1 Å². The molecule has 23 heavy (non-hydrogen) atoms. The molecule has 0 radical (unpaired) electrons. The molecule has 0 bridgehead atoms. The molecule has 0 spiro atoms. The summed E-state index contributed by atoms with van der Waals surface area (Å²) in [5.41, 5.74) is 4.17. The van der Waals surface area contributed by atoms with E-state index in [0.29, 0.717) is 0 Å². The Bertz CT molecular complexity index is 706. The Balaban J connectivity index is 1.82. The van der Waals surface area contributed by atoms with Crippen molar-refractivity contribution < 1.29 is 10.2 Å². The van der Waals surface area contributed by atoms with E-state index in [9.17, 15) is 10.2 Å². The maximum atomic E-state index is 10.6. The third-order valence-corrected chi connectivity index (χ3v) is 6.47. The minimum absolute atomic E-state index is 0.0331. The van der Waals surface area contributed by atoms with Gasteiger partial charge in [0.15, 0.2) is 0 Å². The molecule has 118 valence electrons. The van der Waals surface area contributed by atoms with Crippen molar-refractivity contribution in [2.24, 2.45) is 0 Å². The van der Waals surface area contributed by atoms with Crippen molar-refractivity contribution in [1.29, 1.82) is 0 Å². The summed E-state index contributed by atoms with van der Waals surface area (Å²) in [6.45, 7) is 4.07. The van der Waals surface area contributed by atoms with E-state index in [-0.39, 0.29) is 14.5 Å². The summed E-state index contributed by atoms with van der Waals surface area (Å²) in [7, 11) is 0. The monoisotopic (exact) mass is 372 g/mol. The van der Waals surface area contributed by atoms with Gasteiger partial charge in [0.1, 0.15) is 0 Å². The molecule has 3 heteroatoms. The van der Waals surface area contributed by atoms with Crippen molar-refractivity contribution in [1.82, 2.24) is 0 Å². The number of aliphatic hydroxyl groups excluding tert-OH is 2. The zero-order chi connectivity index (χ0) is 16.4. The van der Waals surface area contributed by atoms with Crippen molar-refractivity contribution in [2.75, 3.05) is 0 Å². The predicted octanol–water partition coefficient (Wildman–Crippen LogP) is 3.52. The molecule has 3 rings (SSSR count). The van der Waals surface area contributed by atoms with Crippen LogP contribution in [0, 0.1) is 13.8 Å². The number of benzene rings is 2. The van der Waals surface area contributed by atoms with E-state index in [1.807, 2.05) is 74.5 Å². The van der Waals surface area contributed by atoms with E-state index < -0.39 is 12.2 Å². The van der Waals surface area contributed by atoms with E-state index in [1.54, 1.807) is 0 Å². The first-order valence-electron chi connectivity index (χ1n) is 7.63. The minimum atomic E-state index is -0.588. The molecule has 0 fully saturated rings. The SMILES string of the molecule is Cc1ccc(C(O)c2ccc(C(O)c3ccc(C)cc3)[se]2)cc1. The molecular formula is C20H20O2Se. The van der Waals surface area contributed by atoms with Crippen molar-refractivity contribution in [3.05, 3.63) is 91.8 Å². The van der Waals surface area contributed by atoms with Gasteiger partial charge >= 0.3 is 143 Å². The van der Waals surface area contributed by atoms with Crippen LogP contribution in [0.4, 0.5) is 0 Å². The van der Waals surface area contributed by atoms with E-state index in [1.165, 1.54) is 11.1 Å². The number of aryl methyl sites for hydroxylation is 2. The fourth-order valence-electron chi connectivity index (χ4n) is 2.49. The third kappa shape index (κ3) is 3.65. The van der Waals surface area contributed by atoms with Gasteiger partial charge in [-0.15, -0.1) is 0 Å². The van der Waals surface area contributed by atoms with E-state index >= 15 is 0 Å². The molecule has 2 N–H and O–H groups in total. The van der Waals surface area contributed by atoms with Gasteiger partial charge in [0.25, 0.3) is 0 Å². The van der Waals surface area contributed by atoms with Gasteiger partial charge in [-0.2, -0.15) is 0 Å². The Labute approximate surface area is 142 Å². The number of hydrogen-bond donors (Lipinski definition) is 2. The molecular weight excluding hydrogens is 351 g/mol. The summed E-state index contributed by atoms with van der Waals surface area (Å²) in [4.78, 5) is 0. The standard InChI is InChI=1S/C20H20O2Se/c1-13-3-7-15(8-4-13)19(21)17-11-12-18(23-17)20(22)16-9-5-14(2)6-10-16/h3-12,19-22H,1-2H3. The average Bonchev–Trinajstić information content (AvgIpc) is 3.05. The summed E-state index contributed by atoms with van der Waals surface area (Å²) in [5, 5.41) is 21.1. The van der Waals surface area contributed by atoms with Crippen molar-refractivity contribution in [3.63, 3.8) is 0 Å². The molecule has 0 aliphatic heterocycles. The predicted molar refractivity (Wildman–Crippen MR) is 93.9 cm³/mol. The topological polar surface area (TPSA) is 40.5 Å². The van der Waals surface area contributed by atoms with Gasteiger partial charge < -0.3 is 0 Å². The summed E-state index contributed by atoms with van der Waals surface area (Å²) in [6, 6.07) is 19.8. The first-order valence-corrected chi connectivity index (χ1v) is 9.35. The summed E-state index contributed by atoms with van der Waals surface area (Å²) in [5.74, 6) is 0.